The van der Waals surface area contributed by atoms with Crippen LogP contribution in [0.1, 0.15) is 48.5 Å². The number of hydrogen-bond donors (Lipinski definition) is 1. The average Bonchev–Trinajstić information content (AvgIpc) is 3.29. The molecule has 3 nitrogen and oxygen atoms in total. The molecule has 108 valence electrons. The van der Waals surface area contributed by atoms with Crippen molar-refractivity contribution in [1.82, 2.24) is 10.2 Å². The summed E-state index contributed by atoms with van der Waals surface area (Å²) in [6, 6.07) is 8.84. The molecule has 1 aromatic carbocycles. The van der Waals surface area contributed by atoms with E-state index in [1.54, 1.807) is 0 Å². The van der Waals surface area contributed by atoms with Crippen molar-refractivity contribution in [2.75, 3.05) is 13.1 Å². The summed E-state index contributed by atoms with van der Waals surface area (Å²) in [6.07, 6.45) is 5.00. The zero-order valence-electron chi connectivity index (χ0n) is 12.3. The predicted octanol–water partition coefficient (Wildman–Crippen LogP) is 2.81. The van der Waals surface area contributed by atoms with Crippen LogP contribution in [0.5, 0.6) is 0 Å². The smallest absolute Gasteiger partial charge is 0.253 e. The maximum Gasteiger partial charge on any atom is 0.253 e. The summed E-state index contributed by atoms with van der Waals surface area (Å²) in [4.78, 5) is 14.4. The van der Waals surface area contributed by atoms with Gasteiger partial charge in [0, 0.05) is 31.2 Å². The van der Waals surface area contributed by atoms with Gasteiger partial charge in [-0.05, 0) is 49.3 Å². The van der Waals surface area contributed by atoms with Crippen molar-refractivity contribution in [2.45, 2.75) is 45.2 Å². The van der Waals surface area contributed by atoms with Crippen LogP contribution in [-0.2, 0) is 6.54 Å². The van der Waals surface area contributed by atoms with Crippen LogP contribution in [0.25, 0.3) is 0 Å². The Morgan fingerprint density at radius 1 is 1.25 bits per heavy atom. The molecule has 1 aliphatic heterocycles. The highest BCUT2D eigenvalue weighted by Gasteiger charge is 2.22. The number of benzene rings is 1. The van der Waals surface area contributed by atoms with Crippen LogP contribution < -0.4 is 5.32 Å². The lowest BCUT2D eigenvalue weighted by Crippen LogP contribution is -2.39. The first-order valence-electron chi connectivity index (χ1n) is 7.84. The van der Waals surface area contributed by atoms with E-state index in [4.69, 9.17) is 0 Å². The molecule has 3 heteroatoms. The molecule has 3 rings (SSSR count). The average molecular weight is 272 g/mol. The van der Waals surface area contributed by atoms with E-state index >= 15 is 0 Å². The summed E-state index contributed by atoms with van der Waals surface area (Å²) in [5.41, 5.74) is 2.09. The van der Waals surface area contributed by atoms with Crippen LogP contribution in [0.3, 0.4) is 0 Å². The third kappa shape index (κ3) is 3.40. The highest BCUT2D eigenvalue weighted by atomic mass is 16.2. The van der Waals surface area contributed by atoms with Gasteiger partial charge in [0.1, 0.15) is 0 Å². The lowest BCUT2D eigenvalue weighted by molar-refractivity contribution is 0.0683. The van der Waals surface area contributed by atoms with Gasteiger partial charge in [-0.25, -0.2) is 0 Å². The van der Waals surface area contributed by atoms with Crippen molar-refractivity contribution in [2.24, 2.45) is 5.92 Å². The normalized spacial score (nSPS) is 22.9. The van der Waals surface area contributed by atoms with E-state index in [9.17, 15) is 4.79 Å². The van der Waals surface area contributed by atoms with Crippen molar-refractivity contribution in [3.8, 4) is 0 Å². The molecule has 1 heterocycles. The molecule has 0 bridgehead atoms. The number of nitrogens with one attached hydrogen (secondary N) is 1. The first-order chi connectivity index (χ1) is 9.72. The number of piperidine rings is 1. The zero-order chi connectivity index (χ0) is 13.9. The summed E-state index contributed by atoms with van der Waals surface area (Å²) < 4.78 is 0. The second kappa shape index (κ2) is 5.96. The van der Waals surface area contributed by atoms with Gasteiger partial charge in [-0.3, -0.25) is 4.79 Å². The Labute approximate surface area is 121 Å². The monoisotopic (exact) mass is 272 g/mol. The SMILES string of the molecule is CC1CCCN(C(=O)c2ccc(CNC3CC3)cc2)C1. The molecular formula is C17H24N2O. The number of rotatable bonds is 4. The Balaban J connectivity index is 1.59. The topological polar surface area (TPSA) is 32.3 Å². The van der Waals surface area contributed by atoms with E-state index in [0.717, 1.165) is 37.7 Å². The number of hydrogen-bond acceptors (Lipinski definition) is 2. The summed E-state index contributed by atoms with van der Waals surface area (Å²) in [5, 5.41) is 3.50. The molecule has 0 aromatic heterocycles. The highest BCUT2D eigenvalue weighted by molar-refractivity contribution is 5.94. The summed E-state index contributed by atoms with van der Waals surface area (Å²) in [5.74, 6) is 0.827. The third-order valence-electron chi connectivity index (χ3n) is 4.32. The highest BCUT2D eigenvalue weighted by Crippen LogP contribution is 2.20. The van der Waals surface area contributed by atoms with Crippen LogP contribution >= 0.6 is 0 Å². The number of carbonyl (C=O) groups excluding carboxylic acids is 1. The molecule has 2 aliphatic rings. The van der Waals surface area contributed by atoms with Crippen LogP contribution in [0.2, 0.25) is 0 Å². The zero-order valence-corrected chi connectivity index (χ0v) is 12.3. The maximum atomic E-state index is 12.4. The quantitative estimate of drug-likeness (QED) is 0.914. The second-order valence-electron chi connectivity index (χ2n) is 6.35. The molecule has 1 atom stereocenters. The number of amides is 1. The van der Waals surface area contributed by atoms with Crippen molar-refractivity contribution >= 4 is 5.91 Å². The molecule has 1 aromatic rings. The van der Waals surface area contributed by atoms with Crippen LogP contribution in [0.4, 0.5) is 0 Å². The second-order valence-corrected chi connectivity index (χ2v) is 6.35. The molecular weight excluding hydrogens is 248 g/mol. The van der Waals surface area contributed by atoms with E-state index in [-0.39, 0.29) is 5.91 Å². The van der Waals surface area contributed by atoms with E-state index in [2.05, 4.69) is 24.4 Å². The van der Waals surface area contributed by atoms with Crippen LogP contribution in [-0.4, -0.2) is 29.9 Å². The Morgan fingerprint density at radius 2 is 2.00 bits per heavy atom. The molecule has 1 saturated heterocycles. The van der Waals surface area contributed by atoms with E-state index < -0.39 is 0 Å². The molecule has 1 unspecified atom stereocenters. The fourth-order valence-corrected chi connectivity index (χ4v) is 2.87. The van der Waals surface area contributed by atoms with Gasteiger partial charge in [0.15, 0.2) is 0 Å². The Bertz CT molecular complexity index is 464. The van der Waals surface area contributed by atoms with Gasteiger partial charge in [0.25, 0.3) is 5.91 Å². The summed E-state index contributed by atoms with van der Waals surface area (Å²) in [7, 11) is 0. The lowest BCUT2D eigenvalue weighted by Gasteiger charge is -2.31. The van der Waals surface area contributed by atoms with E-state index in [1.165, 1.54) is 24.8 Å². The van der Waals surface area contributed by atoms with Crippen molar-refractivity contribution in [3.63, 3.8) is 0 Å². The van der Waals surface area contributed by atoms with Gasteiger partial charge >= 0.3 is 0 Å². The maximum absolute atomic E-state index is 12.4. The van der Waals surface area contributed by atoms with Gasteiger partial charge in [-0.1, -0.05) is 19.1 Å². The summed E-state index contributed by atoms with van der Waals surface area (Å²) in [6.45, 7) is 4.96. The molecule has 1 N–H and O–H groups in total. The van der Waals surface area contributed by atoms with Gasteiger partial charge < -0.3 is 10.2 Å². The minimum atomic E-state index is 0.193. The molecule has 20 heavy (non-hydrogen) atoms. The minimum absolute atomic E-state index is 0.193. The fraction of sp³-hybridized carbons (Fsp3) is 0.588. The van der Waals surface area contributed by atoms with Gasteiger partial charge in [-0.2, -0.15) is 0 Å². The van der Waals surface area contributed by atoms with Crippen molar-refractivity contribution < 1.29 is 4.79 Å². The Morgan fingerprint density at radius 3 is 2.65 bits per heavy atom. The number of nitrogens with zero attached hydrogens (tertiary/aromatic N) is 1. The third-order valence-corrected chi connectivity index (χ3v) is 4.32. The molecule has 2 fully saturated rings. The molecule has 0 radical (unpaired) electrons. The van der Waals surface area contributed by atoms with Crippen LogP contribution in [0, 0.1) is 5.92 Å². The van der Waals surface area contributed by atoms with Crippen molar-refractivity contribution in [1.29, 1.82) is 0 Å². The molecule has 1 aliphatic carbocycles. The molecule has 1 amide bonds. The standard InChI is InChI=1S/C17H24N2O/c1-13-3-2-10-19(12-13)17(20)15-6-4-14(5-7-15)11-18-16-8-9-16/h4-7,13,16,18H,2-3,8-12H2,1H3. The van der Waals surface area contributed by atoms with Crippen LogP contribution in [0.15, 0.2) is 24.3 Å². The molecule has 1 saturated carbocycles. The Hall–Kier alpha value is -1.35. The predicted molar refractivity (Wildman–Crippen MR) is 80.6 cm³/mol. The largest absolute Gasteiger partial charge is 0.338 e. The van der Waals surface area contributed by atoms with Gasteiger partial charge in [0.05, 0.1) is 0 Å². The first kappa shape index (κ1) is 13.6. The van der Waals surface area contributed by atoms with Crippen molar-refractivity contribution in [3.05, 3.63) is 35.4 Å². The lowest BCUT2D eigenvalue weighted by atomic mass is 9.99. The Kier molecular flexibility index (Phi) is 4.06. The van der Waals surface area contributed by atoms with Gasteiger partial charge in [-0.15, -0.1) is 0 Å². The number of likely N-dealkylation sites (tertiary alicyclic amines) is 1. The summed E-state index contributed by atoms with van der Waals surface area (Å²) >= 11 is 0. The fourth-order valence-electron chi connectivity index (χ4n) is 2.87. The number of carbonyl (C=O) groups is 1. The van der Waals surface area contributed by atoms with E-state index in [1.807, 2.05) is 17.0 Å². The molecule has 0 spiro atoms. The minimum Gasteiger partial charge on any atom is -0.338 e. The van der Waals surface area contributed by atoms with Gasteiger partial charge in [0.2, 0.25) is 0 Å². The first-order valence-corrected chi connectivity index (χ1v) is 7.84. The van der Waals surface area contributed by atoms with E-state index in [0.29, 0.717) is 5.92 Å².